The first kappa shape index (κ1) is 16.9. The SMILES string of the molecule is COc1cc(C(C)C)cc(OC)c1OCCN1CCOCC1. The fourth-order valence-corrected chi connectivity index (χ4v) is 2.48. The largest absolute Gasteiger partial charge is 0.493 e. The lowest BCUT2D eigenvalue weighted by Crippen LogP contribution is -2.38. The summed E-state index contributed by atoms with van der Waals surface area (Å²) < 4.78 is 22.3. The number of hydrogen-bond donors (Lipinski definition) is 0. The summed E-state index contributed by atoms with van der Waals surface area (Å²) in [4.78, 5) is 2.34. The van der Waals surface area contributed by atoms with Crippen LogP contribution in [-0.4, -0.2) is 58.6 Å². The lowest BCUT2D eigenvalue weighted by molar-refractivity contribution is 0.0319. The van der Waals surface area contributed by atoms with E-state index in [0.29, 0.717) is 18.3 Å². The molecule has 5 heteroatoms. The van der Waals surface area contributed by atoms with Gasteiger partial charge in [-0.1, -0.05) is 13.8 Å². The molecule has 0 amide bonds. The normalized spacial score (nSPS) is 15.9. The Kier molecular flexibility index (Phi) is 6.34. The summed E-state index contributed by atoms with van der Waals surface area (Å²) >= 11 is 0. The van der Waals surface area contributed by atoms with E-state index >= 15 is 0 Å². The number of methoxy groups -OCH3 is 2. The molecule has 1 aliphatic heterocycles. The quantitative estimate of drug-likeness (QED) is 0.774. The maximum Gasteiger partial charge on any atom is 0.203 e. The van der Waals surface area contributed by atoms with Crippen LogP contribution in [0.4, 0.5) is 0 Å². The van der Waals surface area contributed by atoms with Gasteiger partial charge in [-0.15, -0.1) is 0 Å². The highest BCUT2D eigenvalue weighted by Gasteiger charge is 2.16. The second-order valence-corrected chi connectivity index (χ2v) is 5.71. The maximum absolute atomic E-state index is 5.96. The summed E-state index contributed by atoms with van der Waals surface area (Å²) in [5, 5.41) is 0. The van der Waals surface area contributed by atoms with Crippen LogP contribution in [0, 0.1) is 0 Å². The fraction of sp³-hybridized carbons (Fsp3) is 0.647. The number of hydrogen-bond acceptors (Lipinski definition) is 5. The number of ether oxygens (including phenoxy) is 4. The van der Waals surface area contributed by atoms with E-state index in [1.54, 1.807) is 14.2 Å². The highest BCUT2D eigenvalue weighted by atomic mass is 16.5. The molecule has 1 aromatic carbocycles. The van der Waals surface area contributed by atoms with Crippen LogP contribution in [0.2, 0.25) is 0 Å². The number of rotatable bonds is 7. The van der Waals surface area contributed by atoms with Crippen LogP contribution in [0.15, 0.2) is 12.1 Å². The predicted octanol–water partition coefficient (Wildman–Crippen LogP) is 2.54. The summed E-state index contributed by atoms with van der Waals surface area (Å²) in [7, 11) is 3.32. The first-order valence-corrected chi connectivity index (χ1v) is 7.84. The zero-order valence-electron chi connectivity index (χ0n) is 14.1. The second kappa shape index (κ2) is 8.25. The Morgan fingerprint density at radius 3 is 2.18 bits per heavy atom. The molecule has 0 radical (unpaired) electrons. The third-order valence-electron chi connectivity index (χ3n) is 3.91. The molecule has 1 saturated heterocycles. The van der Waals surface area contributed by atoms with E-state index in [0.717, 1.165) is 44.3 Å². The molecule has 5 nitrogen and oxygen atoms in total. The van der Waals surface area contributed by atoms with Crippen molar-refractivity contribution in [3.05, 3.63) is 17.7 Å². The molecule has 0 unspecified atom stereocenters. The van der Waals surface area contributed by atoms with Crippen molar-refractivity contribution in [3.63, 3.8) is 0 Å². The molecular weight excluding hydrogens is 282 g/mol. The summed E-state index contributed by atoms with van der Waals surface area (Å²) in [6.45, 7) is 9.30. The monoisotopic (exact) mass is 309 g/mol. The Bertz CT molecular complexity index is 445. The zero-order valence-corrected chi connectivity index (χ0v) is 14.1. The molecule has 0 aliphatic carbocycles. The molecule has 2 rings (SSSR count). The van der Waals surface area contributed by atoms with E-state index in [2.05, 4.69) is 18.7 Å². The molecule has 0 saturated carbocycles. The van der Waals surface area contributed by atoms with Crippen LogP contribution < -0.4 is 14.2 Å². The summed E-state index contributed by atoms with van der Waals surface area (Å²) in [6.07, 6.45) is 0. The Balaban J connectivity index is 2.04. The highest BCUT2D eigenvalue weighted by molar-refractivity contribution is 5.54. The fourth-order valence-electron chi connectivity index (χ4n) is 2.48. The van der Waals surface area contributed by atoms with E-state index in [1.165, 1.54) is 5.56 Å². The van der Waals surface area contributed by atoms with Gasteiger partial charge in [0.15, 0.2) is 11.5 Å². The standard InChI is InChI=1S/C17H27NO4/c1-13(2)14-11-15(19-3)17(16(12-14)20-4)22-10-7-18-5-8-21-9-6-18/h11-13H,5-10H2,1-4H3. The molecule has 1 aromatic rings. The number of benzene rings is 1. The Hall–Kier alpha value is -1.46. The van der Waals surface area contributed by atoms with Gasteiger partial charge in [0.05, 0.1) is 27.4 Å². The zero-order chi connectivity index (χ0) is 15.9. The van der Waals surface area contributed by atoms with Crippen molar-refractivity contribution in [1.82, 2.24) is 4.90 Å². The van der Waals surface area contributed by atoms with Crippen LogP contribution >= 0.6 is 0 Å². The van der Waals surface area contributed by atoms with Gasteiger partial charge in [0, 0.05) is 19.6 Å². The molecule has 1 fully saturated rings. The van der Waals surface area contributed by atoms with Gasteiger partial charge in [0.1, 0.15) is 6.61 Å². The van der Waals surface area contributed by atoms with Crippen molar-refractivity contribution in [2.24, 2.45) is 0 Å². The van der Waals surface area contributed by atoms with Crippen LogP contribution in [0.3, 0.4) is 0 Å². The molecule has 0 atom stereocenters. The van der Waals surface area contributed by atoms with Gasteiger partial charge in [-0.2, -0.15) is 0 Å². The minimum absolute atomic E-state index is 0.408. The van der Waals surface area contributed by atoms with Crippen molar-refractivity contribution in [3.8, 4) is 17.2 Å². The van der Waals surface area contributed by atoms with Crippen molar-refractivity contribution in [1.29, 1.82) is 0 Å². The van der Waals surface area contributed by atoms with Gasteiger partial charge in [0.25, 0.3) is 0 Å². The average Bonchev–Trinajstić information content (AvgIpc) is 2.55. The first-order valence-electron chi connectivity index (χ1n) is 7.84. The van der Waals surface area contributed by atoms with Crippen LogP contribution in [0.25, 0.3) is 0 Å². The van der Waals surface area contributed by atoms with Gasteiger partial charge in [-0.25, -0.2) is 0 Å². The lowest BCUT2D eigenvalue weighted by Gasteiger charge is -2.26. The first-order chi connectivity index (χ1) is 10.7. The van der Waals surface area contributed by atoms with Gasteiger partial charge in [-0.3, -0.25) is 4.90 Å². The highest BCUT2D eigenvalue weighted by Crippen LogP contribution is 2.40. The van der Waals surface area contributed by atoms with Crippen molar-refractivity contribution >= 4 is 0 Å². The second-order valence-electron chi connectivity index (χ2n) is 5.71. The smallest absolute Gasteiger partial charge is 0.203 e. The Labute approximate surface area is 133 Å². The van der Waals surface area contributed by atoms with Crippen LogP contribution in [0.1, 0.15) is 25.3 Å². The van der Waals surface area contributed by atoms with Gasteiger partial charge in [-0.05, 0) is 23.6 Å². The molecule has 22 heavy (non-hydrogen) atoms. The maximum atomic E-state index is 5.96. The predicted molar refractivity (Wildman–Crippen MR) is 86.4 cm³/mol. The Morgan fingerprint density at radius 1 is 1.09 bits per heavy atom. The molecule has 0 N–H and O–H groups in total. The van der Waals surface area contributed by atoms with E-state index in [9.17, 15) is 0 Å². The van der Waals surface area contributed by atoms with E-state index in [1.807, 2.05) is 12.1 Å². The van der Waals surface area contributed by atoms with Crippen molar-refractivity contribution in [2.75, 3.05) is 53.7 Å². The summed E-state index contributed by atoms with van der Waals surface area (Å²) in [6, 6.07) is 4.05. The third-order valence-corrected chi connectivity index (χ3v) is 3.91. The molecular formula is C17H27NO4. The molecule has 124 valence electrons. The van der Waals surface area contributed by atoms with Crippen molar-refractivity contribution < 1.29 is 18.9 Å². The minimum Gasteiger partial charge on any atom is -0.493 e. The Morgan fingerprint density at radius 2 is 1.68 bits per heavy atom. The van der Waals surface area contributed by atoms with E-state index in [-0.39, 0.29) is 0 Å². The molecule has 0 spiro atoms. The number of morpholine rings is 1. The molecule has 1 aliphatic rings. The number of nitrogens with zero attached hydrogens (tertiary/aromatic N) is 1. The molecule has 0 bridgehead atoms. The lowest BCUT2D eigenvalue weighted by atomic mass is 10.0. The average molecular weight is 309 g/mol. The topological polar surface area (TPSA) is 40.2 Å². The van der Waals surface area contributed by atoms with Gasteiger partial charge in [0.2, 0.25) is 5.75 Å². The van der Waals surface area contributed by atoms with E-state index < -0.39 is 0 Å². The molecule has 0 aromatic heterocycles. The summed E-state index contributed by atoms with van der Waals surface area (Å²) in [5.74, 6) is 2.54. The third kappa shape index (κ3) is 4.27. The van der Waals surface area contributed by atoms with Gasteiger partial charge < -0.3 is 18.9 Å². The summed E-state index contributed by atoms with van der Waals surface area (Å²) in [5.41, 5.74) is 1.18. The van der Waals surface area contributed by atoms with Crippen LogP contribution in [-0.2, 0) is 4.74 Å². The minimum atomic E-state index is 0.408. The van der Waals surface area contributed by atoms with E-state index in [4.69, 9.17) is 18.9 Å². The molecule has 1 heterocycles. The van der Waals surface area contributed by atoms with Crippen molar-refractivity contribution in [2.45, 2.75) is 19.8 Å². The van der Waals surface area contributed by atoms with Crippen LogP contribution in [0.5, 0.6) is 17.2 Å². The van der Waals surface area contributed by atoms with Gasteiger partial charge >= 0.3 is 0 Å².